The third kappa shape index (κ3) is 3.77. The third-order valence-corrected chi connectivity index (χ3v) is 4.88. The molecule has 27 heavy (non-hydrogen) atoms. The molecule has 1 amide bonds. The zero-order valence-electron chi connectivity index (χ0n) is 15.3. The number of fused-ring (bicyclic) bond motifs is 1. The van der Waals surface area contributed by atoms with Gasteiger partial charge in [-0.3, -0.25) is 4.79 Å². The first-order valence-corrected chi connectivity index (χ1v) is 9.18. The summed E-state index contributed by atoms with van der Waals surface area (Å²) in [6.07, 6.45) is 4.70. The minimum absolute atomic E-state index is 0.0359. The van der Waals surface area contributed by atoms with Gasteiger partial charge in [-0.1, -0.05) is 12.1 Å². The quantitative estimate of drug-likeness (QED) is 0.714. The van der Waals surface area contributed by atoms with Crippen LogP contribution in [0.4, 0.5) is 10.2 Å². The van der Waals surface area contributed by atoms with Crippen molar-refractivity contribution in [1.29, 1.82) is 0 Å². The van der Waals surface area contributed by atoms with Crippen LogP contribution in [0.3, 0.4) is 0 Å². The maximum Gasteiger partial charge on any atom is 0.227 e. The molecular formula is C20H22FN5O. The van der Waals surface area contributed by atoms with Gasteiger partial charge in [-0.15, -0.1) is 0 Å². The van der Waals surface area contributed by atoms with Gasteiger partial charge in [0.1, 0.15) is 11.3 Å². The van der Waals surface area contributed by atoms with Crippen molar-refractivity contribution in [3.05, 3.63) is 59.8 Å². The molecule has 0 aliphatic carbocycles. The molecule has 7 heteroatoms. The highest BCUT2D eigenvalue weighted by Gasteiger charge is 2.21. The topological polar surface area (TPSA) is 53.7 Å². The smallest absolute Gasteiger partial charge is 0.227 e. The highest BCUT2D eigenvalue weighted by Crippen LogP contribution is 2.21. The van der Waals surface area contributed by atoms with Gasteiger partial charge in [-0.05, 0) is 37.1 Å². The predicted molar refractivity (Wildman–Crippen MR) is 101 cm³/mol. The van der Waals surface area contributed by atoms with E-state index >= 15 is 0 Å². The van der Waals surface area contributed by atoms with Crippen LogP contribution < -0.4 is 4.90 Å². The summed E-state index contributed by atoms with van der Waals surface area (Å²) in [6.45, 7) is 4.84. The molecule has 1 fully saturated rings. The Balaban J connectivity index is 1.46. The summed E-state index contributed by atoms with van der Waals surface area (Å²) in [5.41, 5.74) is 2.64. The van der Waals surface area contributed by atoms with Crippen LogP contribution in [0, 0.1) is 12.7 Å². The Morgan fingerprint density at radius 3 is 2.93 bits per heavy atom. The molecule has 0 radical (unpaired) electrons. The average Bonchev–Trinajstić information content (AvgIpc) is 2.86. The number of nitrogens with zero attached hydrogens (tertiary/aromatic N) is 5. The number of benzene rings is 1. The molecule has 1 aliphatic heterocycles. The second kappa shape index (κ2) is 7.34. The molecule has 1 aliphatic rings. The predicted octanol–water partition coefficient (Wildman–Crippen LogP) is 2.46. The maximum atomic E-state index is 13.3. The molecule has 4 rings (SSSR count). The van der Waals surface area contributed by atoms with Crippen LogP contribution in [0.1, 0.15) is 17.7 Å². The van der Waals surface area contributed by atoms with E-state index in [4.69, 9.17) is 0 Å². The Bertz CT molecular complexity index is 970. The molecule has 0 unspecified atom stereocenters. The van der Waals surface area contributed by atoms with Crippen LogP contribution in [0.2, 0.25) is 0 Å². The van der Waals surface area contributed by atoms with Crippen LogP contribution in [0.25, 0.3) is 5.52 Å². The first kappa shape index (κ1) is 17.5. The monoisotopic (exact) mass is 367 g/mol. The normalized spacial score (nSPS) is 15.2. The Kier molecular flexibility index (Phi) is 4.75. The third-order valence-electron chi connectivity index (χ3n) is 4.88. The summed E-state index contributed by atoms with van der Waals surface area (Å²) in [7, 11) is 0. The summed E-state index contributed by atoms with van der Waals surface area (Å²) in [6, 6.07) is 8.28. The molecule has 3 aromatic rings. The van der Waals surface area contributed by atoms with Crippen molar-refractivity contribution in [1.82, 2.24) is 19.5 Å². The van der Waals surface area contributed by atoms with E-state index in [9.17, 15) is 9.18 Å². The zero-order chi connectivity index (χ0) is 18.8. The molecule has 0 saturated carbocycles. The number of aryl methyl sites for hydroxylation is 1. The number of hydrogen-bond donors (Lipinski definition) is 0. The lowest BCUT2D eigenvalue weighted by Crippen LogP contribution is -2.36. The van der Waals surface area contributed by atoms with Gasteiger partial charge in [0.2, 0.25) is 5.91 Å². The zero-order valence-corrected chi connectivity index (χ0v) is 15.3. The van der Waals surface area contributed by atoms with Crippen LogP contribution >= 0.6 is 0 Å². The van der Waals surface area contributed by atoms with E-state index in [1.54, 1.807) is 18.3 Å². The van der Waals surface area contributed by atoms with E-state index < -0.39 is 0 Å². The van der Waals surface area contributed by atoms with Crippen LogP contribution in [0.5, 0.6) is 0 Å². The largest absolute Gasteiger partial charge is 0.353 e. The second-order valence-corrected chi connectivity index (χ2v) is 6.89. The van der Waals surface area contributed by atoms with Gasteiger partial charge >= 0.3 is 0 Å². The van der Waals surface area contributed by atoms with Crippen molar-refractivity contribution in [2.45, 2.75) is 19.8 Å². The SMILES string of the molecule is Cc1cc2c(N3CCCN(C(=O)Cc4cccc(F)c4)CC3)nccn2n1. The number of aromatic nitrogens is 3. The molecule has 0 bridgehead atoms. The molecule has 0 N–H and O–H groups in total. The number of carbonyl (C=O) groups is 1. The van der Waals surface area contributed by atoms with Gasteiger partial charge in [0.25, 0.3) is 0 Å². The van der Waals surface area contributed by atoms with Crippen LogP contribution in [-0.4, -0.2) is 51.6 Å². The number of rotatable bonds is 3. The molecule has 140 valence electrons. The van der Waals surface area contributed by atoms with Crippen molar-refractivity contribution in [3.8, 4) is 0 Å². The van der Waals surface area contributed by atoms with Crippen molar-refractivity contribution in [3.63, 3.8) is 0 Å². The highest BCUT2D eigenvalue weighted by atomic mass is 19.1. The number of amides is 1. The maximum absolute atomic E-state index is 13.3. The van der Waals surface area contributed by atoms with Gasteiger partial charge in [0, 0.05) is 38.6 Å². The minimum atomic E-state index is -0.308. The van der Waals surface area contributed by atoms with Gasteiger partial charge < -0.3 is 9.80 Å². The number of anilines is 1. The fraction of sp³-hybridized carbons (Fsp3) is 0.350. The molecule has 1 saturated heterocycles. The molecule has 0 atom stereocenters. The van der Waals surface area contributed by atoms with Crippen molar-refractivity contribution in [2.24, 2.45) is 0 Å². The Hall–Kier alpha value is -2.96. The lowest BCUT2D eigenvalue weighted by Gasteiger charge is -2.23. The second-order valence-electron chi connectivity index (χ2n) is 6.89. The fourth-order valence-corrected chi connectivity index (χ4v) is 3.59. The molecule has 3 heterocycles. The van der Waals surface area contributed by atoms with E-state index in [1.807, 2.05) is 28.6 Å². The molecular weight excluding hydrogens is 345 g/mol. The molecule has 0 spiro atoms. The van der Waals surface area contributed by atoms with E-state index in [-0.39, 0.29) is 18.1 Å². The van der Waals surface area contributed by atoms with E-state index in [0.29, 0.717) is 25.2 Å². The lowest BCUT2D eigenvalue weighted by molar-refractivity contribution is -0.130. The summed E-state index contributed by atoms with van der Waals surface area (Å²) < 4.78 is 15.2. The lowest BCUT2D eigenvalue weighted by atomic mass is 10.1. The van der Waals surface area contributed by atoms with E-state index in [2.05, 4.69) is 15.0 Å². The summed E-state index contributed by atoms with van der Waals surface area (Å²) >= 11 is 0. The number of carbonyl (C=O) groups excluding carboxylic acids is 1. The molecule has 1 aromatic carbocycles. The summed E-state index contributed by atoms with van der Waals surface area (Å²) in [4.78, 5) is 21.3. The van der Waals surface area contributed by atoms with Crippen molar-refractivity contribution in [2.75, 3.05) is 31.1 Å². The van der Waals surface area contributed by atoms with E-state index in [0.717, 1.165) is 30.0 Å². The number of halogens is 1. The van der Waals surface area contributed by atoms with Crippen molar-refractivity contribution >= 4 is 17.2 Å². The van der Waals surface area contributed by atoms with Crippen LogP contribution in [0.15, 0.2) is 42.7 Å². The standard InChI is InChI=1S/C20H22FN5O/c1-15-12-18-20(22-6-9-26(18)23-15)25-8-3-7-24(10-11-25)19(27)14-16-4-2-5-17(21)13-16/h2,4-6,9,12-13H,3,7-8,10-11,14H2,1H3. The van der Waals surface area contributed by atoms with Crippen molar-refractivity contribution < 1.29 is 9.18 Å². The fourth-order valence-electron chi connectivity index (χ4n) is 3.59. The highest BCUT2D eigenvalue weighted by molar-refractivity contribution is 5.79. The van der Waals surface area contributed by atoms with Gasteiger partial charge in [0.15, 0.2) is 5.82 Å². The molecule has 2 aromatic heterocycles. The average molecular weight is 367 g/mol. The Morgan fingerprint density at radius 2 is 2.07 bits per heavy atom. The van der Waals surface area contributed by atoms with Gasteiger partial charge in [-0.25, -0.2) is 13.9 Å². The minimum Gasteiger partial charge on any atom is -0.353 e. The first-order valence-electron chi connectivity index (χ1n) is 9.18. The van der Waals surface area contributed by atoms with E-state index in [1.165, 1.54) is 12.1 Å². The van der Waals surface area contributed by atoms with Gasteiger partial charge in [0.05, 0.1) is 12.1 Å². The Morgan fingerprint density at radius 1 is 1.19 bits per heavy atom. The molecule has 6 nitrogen and oxygen atoms in total. The summed E-state index contributed by atoms with van der Waals surface area (Å²) in [5, 5.41) is 4.44. The number of hydrogen-bond acceptors (Lipinski definition) is 4. The van der Waals surface area contributed by atoms with Gasteiger partial charge in [-0.2, -0.15) is 5.10 Å². The Labute approximate surface area is 157 Å². The summed E-state index contributed by atoms with van der Waals surface area (Å²) in [5.74, 6) is 0.629. The van der Waals surface area contributed by atoms with Crippen LogP contribution in [-0.2, 0) is 11.2 Å². The first-order chi connectivity index (χ1) is 13.1.